The molecule has 1 aromatic heterocycles. The molecule has 0 fully saturated rings. The van der Waals surface area contributed by atoms with Crippen LogP contribution in [0.5, 0.6) is 0 Å². The smallest absolute Gasteiger partial charge is 0.260 e. The van der Waals surface area contributed by atoms with E-state index in [-0.39, 0.29) is 12.5 Å². The second-order valence-corrected chi connectivity index (χ2v) is 4.99. The standard InChI is InChI=1S/C15H16N4O/c1-11-6-7-12(8-11)17-18-15(20)9-19-10-16-13-4-2-3-5-14(13)19/h2-5,8,10H,6-7,9H2,1H3,(H,18,20)/b17-12+. The molecule has 0 saturated carbocycles. The molecular weight excluding hydrogens is 252 g/mol. The lowest BCUT2D eigenvalue weighted by atomic mass is 10.3. The van der Waals surface area contributed by atoms with Crippen LogP contribution in [0.3, 0.4) is 0 Å². The van der Waals surface area contributed by atoms with E-state index >= 15 is 0 Å². The number of allylic oxidation sites excluding steroid dienone is 2. The fraction of sp³-hybridized carbons (Fsp3) is 0.267. The number of carbonyl (C=O) groups excluding carboxylic acids is 1. The molecule has 1 aliphatic rings. The van der Waals surface area contributed by atoms with Crippen molar-refractivity contribution < 1.29 is 4.79 Å². The van der Waals surface area contributed by atoms with Gasteiger partial charge in [-0.25, -0.2) is 10.4 Å². The summed E-state index contributed by atoms with van der Waals surface area (Å²) in [6.07, 6.45) is 5.63. The highest BCUT2D eigenvalue weighted by molar-refractivity contribution is 5.98. The van der Waals surface area contributed by atoms with Crippen molar-refractivity contribution in [1.29, 1.82) is 0 Å². The maximum atomic E-state index is 11.9. The number of hydrazone groups is 1. The Hall–Kier alpha value is -2.43. The summed E-state index contributed by atoms with van der Waals surface area (Å²) in [5.41, 5.74) is 6.69. The van der Waals surface area contributed by atoms with E-state index in [9.17, 15) is 4.79 Å². The van der Waals surface area contributed by atoms with Gasteiger partial charge in [0, 0.05) is 0 Å². The number of benzene rings is 1. The van der Waals surface area contributed by atoms with Crippen molar-refractivity contribution in [1.82, 2.24) is 15.0 Å². The van der Waals surface area contributed by atoms with Crippen LogP contribution in [0.4, 0.5) is 0 Å². The van der Waals surface area contributed by atoms with Gasteiger partial charge < -0.3 is 4.57 Å². The van der Waals surface area contributed by atoms with Gasteiger partial charge in [0.15, 0.2) is 0 Å². The first kappa shape index (κ1) is 12.6. The SMILES string of the molecule is CC1=C/C(=N/NC(=O)Cn2cnc3ccccc32)CC1. The Morgan fingerprint density at radius 2 is 2.25 bits per heavy atom. The Morgan fingerprint density at radius 1 is 1.40 bits per heavy atom. The molecule has 3 rings (SSSR count). The molecule has 0 aliphatic heterocycles. The molecular formula is C15H16N4O. The fourth-order valence-corrected chi connectivity index (χ4v) is 2.30. The number of carbonyl (C=O) groups is 1. The largest absolute Gasteiger partial charge is 0.321 e. The molecule has 0 saturated heterocycles. The van der Waals surface area contributed by atoms with E-state index in [1.165, 1.54) is 5.57 Å². The lowest BCUT2D eigenvalue weighted by Gasteiger charge is -2.03. The quantitative estimate of drug-likeness (QED) is 0.868. The van der Waals surface area contributed by atoms with Crippen molar-refractivity contribution in [2.45, 2.75) is 26.3 Å². The minimum atomic E-state index is -0.140. The first-order valence-electron chi connectivity index (χ1n) is 6.65. The van der Waals surface area contributed by atoms with E-state index < -0.39 is 0 Å². The van der Waals surface area contributed by atoms with Gasteiger partial charge in [0.05, 0.1) is 23.1 Å². The highest BCUT2D eigenvalue weighted by Gasteiger charge is 2.09. The summed E-state index contributed by atoms with van der Waals surface area (Å²) >= 11 is 0. The number of fused-ring (bicyclic) bond motifs is 1. The third kappa shape index (κ3) is 2.61. The molecule has 0 bridgehead atoms. The molecule has 5 nitrogen and oxygen atoms in total. The average Bonchev–Trinajstić information content (AvgIpc) is 3.04. The maximum Gasteiger partial charge on any atom is 0.260 e. The molecule has 0 radical (unpaired) electrons. The topological polar surface area (TPSA) is 59.3 Å². The average molecular weight is 268 g/mol. The van der Waals surface area contributed by atoms with Gasteiger partial charge in [-0.2, -0.15) is 5.10 Å². The number of nitrogens with zero attached hydrogens (tertiary/aromatic N) is 3. The lowest BCUT2D eigenvalue weighted by molar-refractivity contribution is -0.121. The van der Waals surface area contributed by atoms with E-state index in [0.29, 0.717) is 0 Å². The molecule has 20 heavy (non-hydrogen) atoms. The normalized spacial score (nSPS) is 16.6. The third-order valence-corrected chi connectivity index (χ3v) is 3.35. The first-order chi connectivity index (χ1) is 9.72. The van der Waals surface area contributed by atoms with Crippen LogP contribution in [0.15, 0.2) is 47.3 Å². The Kier molecular flexibility index (Phi) is 3.33. The maximum absolute atomic E-state index is 11.9. The molecule has 1 aromatic carbocycles. The molecule has 102 valence electrons. The Balaban J connectivity index is 1.67. The second kappa shape index (κ2) is 5.28. The van der Waals surface area contributed by atoms with Gasteiger partial charge in [-0.05, 0) is 38.0 Å². The fourth-order valence-electron chi connectivity index (χ4n) is 2.30. The van der Waals surface area contributed by atoms with Crippen LogP contribution in [0.25, 0.3) is 11.0 Å². The Bertz CT molecular complexity index is 711. The van der Waals surface area contributed by atoms with Gasteiger partial charge in [0.25, 0.3) is 5.91 Å². The molecule has 1 heterocycles. The van der Waals surface area contributed by atoms with Crippen LogP contribution in [0, 0.1) is 0 Å². The van der Waals surface area contributed by atoms with E-state index in [1.807, 2.05) is 34.9 Å². The second-order valence-electron chi connectivity index (χ2n) is 4.99. The molecule has 5 heteroatoms. The zero-order valence-corrected chi connectivity index (χ0v) is 11.3. The highest BCUT2D eigenvalue weighted by Crippen LogP contribution is 2.14. The number of hydrogen-bond donors (Lipinski definition) is 1. The summed E-state index contributed by atoms with van der Waals surface area (Å²) < 4.78 is 1.82. The van der Waals surface area contributed by atoms with Crippen molar-refractivity contribution in [3.8, 4) is 0 Å². The van der Waals surface area contributed by atoms with Crippen LogP contribution < -0.4 is 5.43 Å². The minimum absolute atomic E-state index is 0.140. The van der Waals surface area contributed by atoms with Crippen molar-refractivity contribution in [2.24, 2.45) is 5.10 Å². The predicted octanol–water partition coefficient (Wildman–Crippen LogP) is 2.25. The van der Waals surface area contributed by atoms with Gasteiger partial charge in [-0.15, -0.1) is 0 Å². The van der Waals surface area contributed by atoms with Crippen LogP contribution in [-0.2, 0) is 11.3 Å². The number of hydrogen-bond acceptors (Lipinski definition) is 3. The molecule has 1 amide bonds. The van der Waals surface area contributed by atoms with Crippen molar-refractivity contribution in [2.75, 3.05) is 0 Å². The molecule has 2 aromatic rings. The van der Waals surface area contributed by atoms with Crippen LogP contribution in [-0.4, -0.2) is 21.2 Å². The van der Waals surface area contributed by atoms with Crippen LogP contribution in [0.2, 0.25) is 0 Å². The lowest BCUT2D eigenvalue weighted by Crippen LogP contribution is -2.23. The van der Waals surface area contributed by atoms with E-state index in [0.717, 1.165) is 29.6 Å². The summed E-state index contributed by atoms with van der Waals surface area (Å²) in [6.45, 7) is 2.29. The molecule has 1 N–H and O–H groups in total. The van der Waals surface area contributed by atoms with Crippen LogP contribution >= 0.6 is 0 Å². The number of amides is 1. The van der Waals surface area contributed by atoms with Gasteiger partial charge in [-0.3, -0.25) is 4.79 Å². The van der Waals surface area contributed by atoms with Gasteiger partial charge >= 0.3 is 0 Å². The molecule has 0 atom stereocenters. The number of imidazole rings is 1. The van der Waals surface area contributed by atoms with Gasteiger partial charge in [-0.1, -0.05) is 17.7 Å². The number of nitrogens with one attached hydrogen (secondary N) is 1. The minimum Gasteiger partial charge on any atom is -0.321 e. The zero-order valence-electron chi connectivity index (χ0n) is 11.3. The van der Waals surface area contributed by atoms with E-state index in [2.05, 4.69) is 22.4 Å². The predicted molar refractivity (Wildman–Crippen MR) is 78.3 cm³/mol. The molecule has 0 unspecified atom stereocenters. The summed E-state index contributed by atoms with van der Waals surface area (Å²) in [5.74, 6) is -0.140. The first-order valence-corrected chi connectivity index (χ1v) is 6.65. The van der Waals surface area contributed by atoms with Crippen LogP contribution in [0.1, 0.15) is 19.8 Å². The van der Waals surface area contributed by atoms with Gasteiger partial charge in [0.1, 0.15) is 6.54 Å². The summed E-state index contributed by atoms with van der Waals surface area (Å²) in [6, 6.07) is 7.74. The number of para-hydroxylation sites is 2. The number of aromatic nitrogens is 2. The third-order valence-electron chi connectivity index (χ3n) is 3.35. The number of rotatable bonds is 3. The summed E-state index contributed by atoms with van der Waals surface area (Å²) in [5, 5.41) is 4.14. The van der Waals surface area contributed by atoms with E-state index in [1.54, 1.807) is 6.33 Å². The monoisotopic (exact) mass is 268 g/mol. The Labute approximate surface area is 117 Å². The molecule has 1 aliphatic carbocycles. The molecule has 0 spiro atoms. The van der Waals surface area contributed by atoms with Gasteiger partial charge in [0.2, 0.25) is 0 Å². The van der Waals surface area contributed by atoms with Crippen molar-refractivity contribution >= 4 is 22.7 Å². The highest BCUT2D eigenvalue weighted by atomic mass is 16.2. The Morgan fingerprint density at radius 3 is 3.05 bits per heavy atom. The van der Waals surface area contributed by atoms with Crippen molar-refractivity contribution in [3.63, 3.8) is 0 Å². The summed E-state index contributed by atoms with van der Waals surface area (Å²) in [4.78, 5) is 16.2. The van der Waals surface area contributed by atoms with E-state index in [4.69, 9.17) is 0 Å². The summed E-state index contributed by atoms with van der Waals surface area (Å²) in [7, 11) is 0. The van der Waals surface area contributed by atoms with Crippen molar-refractivity contribution in [3.05, 3.63) is 42.2 Å². The zero-order chi connectivity index (χ0) is 13.9.